The molecule has 0 unspecified atom stereocenters. The summed E-state index contributed by atoms with van der Waals surface area (Å²) in [5, 5.41) is 1.09. The zero-order valence-corrected chi connectivity index (χ0v) is 16.3. The largest absolute Gasteiger partial charge is 0.347 e. The van der Waals surface area contributed by atoms with Crippen LogP contribution in [-0.2, 0) is 0 Å². The van der Waals surface area contributed by atoms with E-state index in [2.05, 4.69) is 101 Å². The van der Waals surface area contributed by atoms with E-state index in [1.165, 1.54) is 0 Å². The zero-order chi connectivity index (χ0) is 11.3. The van der Waals surface area contributed by atoms with E-state index in [-0.39, 0.29) is 0 Å². The van der Waals surface area contributed by atoms with Gasteiger partial charge in [-0.1, -0.05) is 0 Å². The van der Waals surface area contributed by atoms with Gasteiger partial charge in [0.15, 0.2) is 0 Å². The van der Waals surface area contributed by atoms with E-state index in [1.807, 2.05) is 0 Å². The molecule has 0 saturated carbocycles. The average Bonchev–Trinajstić information content (AvgIpc) is 2.50. The normalized spacial score (nSPS) is 11.3. The second kappa shape index (κ2) is 4.72. The summed E-state index contributed by atoms with van der Waals surface area (Å²) in [4.78, 5) is 3.25. The lowest BCUT2D eigenvalue weighted by molar-refractivity contribution is 1.39. The van der Waals surface area contributed by atoms with Crippen LogP contribution in [0, 0.1) is 0 Å². The maximum atomic E-state index is 3.56. The molecule has 0 aliphatic carbocycles. The molecule has 0 aliphatic heterocycles. The molecular weight excluding hydrogens is 590 g/mol. The molecule has 0 aliphatic rings. The van der Waals surface area contributed by atoms with Gasteiger partial charge in [-0.15, -0.1) is 0 Å². The molecular formula is C8HBr6N. The molecule has 0 bridgehead atoms. The molecule has 1 N–H and O–H groups in total. The summed E-state index contributed by atoms with van der Waals surface area (Å²) in [6.07, 6.45) is 0. The van der Waals surface area contributed by atoms with Crippen LogP contribution in [0.1, 0.15) is 0 Å². The Balaban J connectivity index is 3.07. The first-order chi connectivity index (χ1) is 6.95. The second-order valence-electron chi connectivity index (χ2n) is 2.76. The summed E-state index contributed by atoms with van der Waals surface area (Å²) in [5.41, 5.74) is 1.02. The SMILES string of the molecule is Brc1[nH]c2c(Br)c(Br)c(Br)c(Br)c2c1Br. The van der Waals surface area contributed by atoms with Crippen LogP contribution >= 0.6 is 95.6 Å². The van der Waals surface area contributed by atoms with Crippen molar-refractivity contribution in [1.82, 2.24) is 4.98 Å². The lowest BCUT2D eigenvalue weighted by atomic mass is 10.2. The summed E-state index contributed by atoms with van der Waals surface area (Å²) in [5.74, 6) is 0. The first kappa shape index (κ1) is 13.1. The first-order valence-corrected chi connectivity index (χ1v) is 8.39. The zero-order valence-electron chi connectivity index (χ0n) is 6.77. The quantitative estimate of drug-likeness (QED) is 0.259. The van der Waals surface area contributed by atoms with E-state index in [0.717, 1.165) is 37.9 Å². The Bertz CT molecular complexity index is 558. The fraction of sp³-hybridized carbons (Fsp3) is 0. The van der Waals surface area contributed by atoms with E-state index >= 15 is 0 Å². The van der Waals surface area contributed by atoms with Crippen molar-refractivity contribution in [2.75, 3.05) is 0 Å². The van der Waals surface area contributed by atoms with Crippen molar-refractivity contribution >= 4 is 106 Å². The molecule has 0 amide bonds. The van der Waals surface area contributed by atoms with Crippen LogP contribution in [-0.4, -0.2) is 4.98 Å². The summed E-state index contributed by atoms with van der Waals surface area (Å²) in [6, 6.07) is 0. The molecule has 0 spiro atoms. The predicted octanol–water partition coefficient (Wildman–Crippen LogP) is 6.74. The van der Waals surface area contributed by atoms with E-state index < -0.39 is 0 Å². The molecule has 2 rings (SSSR count). The summed E-state index contributed by atoms with van der Waals surface area (Å²) in [6.45, 7) is 0. The smallest absolute Gasteiger partial charge is 0.0975 e. The van der Waals surface area contributed by atoms with Crippen LogP contribution < -0.4 is 0 Å². The molecule has 0 atom stereocenters. The van der Waals surface area contributed by atoms with Gasteiger partial charge in [-0.2, -0.15) is 0 Å². The Morgan fingerprint density at radius 1 is 0.600 bits per heavy atom. The topological polar surface area (TPSA) is 15.8 Å². The van der Waals surface area contributed by atoms with Crippen molar-refractivity contribution in [1.29, 1.82) is 0 Å². The number of rotatable bonds is 0. The molecule has 1 aromatic heterocycles. The summed E-state index contributed by atoms with van der Waals surface area (Å²) in [7, 11) is 0. The molecule has 80 valence electrons. The van der Waals surface area contributed by atoms with Crippen molar-refractivity contribution in [2.45, 2.75) is 0 Å². The molecule has 0 saturated heterocycles. The van der Waals surface area contributed by atoms with E-state index in [4.69, 9.17) is 0 Å². The first-order valence-electron chi connectivity index (χ1n) is 3.63. The molecule has 0 radical (unpaired) electrons. The Morgan fingerprint density at radius 3 is 1.73 bits per heavy atom. The van der Waals surface area contributed by atoms with Gasteiger partial charge in [-0.25, -0.2) is 0 Å². The number of hydrogen-bond donors (Lipinski definition) is 1. The van der Waals surface area contributed by atoms with Crippen LogP contribution in [0.2, 0.25) is 0 Å². The van der Waals surface area contributed by atoms with E-state index in [0.29, 0.717) is 0 Å². The predicted molar refractivity (Wildman–Crippen MR) is 84.5 cm³/mol. The molecule has 0 fully saturated rings. The van der Waals surface area contributed by atoms with Crippen LogP contribution in [0.25, 0.3) is 10.9 Å². The lowest BCUT2D eigenvalue weighted by Gasteiger charge is -2.05. The number of H-pyrrole nitrogens is 1. The highest BCUT2D eigenvalue weighted by Gasteiger charge is 2.18. The number of benzene rings is 1. The monoisotopic (exact) mass is 585 g/mol. The van der Waals surface area contributed by atoms with Crippen LogP contribution in [0.5, 0.6) is 0 Å². The standard InChI is InChI=1S/C8HBr6N/c9-2-1-3(10)8(14)15-7(1)6(13)5(12)4(2)11/h15H. The summed E-state index contributed by atoms with van der Waals surface area (Å²) < 4.78 is 5.86. The maximum Gasteiger partial charge on any atom is 0.0975 e. The van der Waals surface area contributed by atoms with Gasteiger partial charge in [-0.05, 0) is 95.6 Å². The fourth-order valence-corrected chi connectivity index (χ4v) is 4.80. The molecule has 1 nitrogen and oxygen atoms in total. The molecule has 7 heteroatoms. The van der Waals surface area contributed by atoms with Crippen molar-refractivity contribution in [3.63, 3.8) is 0 Å². The van der Waals surface area contributed by atoms with Crippen molar-refractivity contribution in [3.05, 3.63) is 27.0 Å². The number of aromatic nitrogens is 1. The highest BCUT2D eigenvalue weighted by atomic mass is 79.9. The van der Waals surface area contributed by atoms with E-state index in [1.54, 1.807) is 0 Å². The number of aromatic amines is 1. The fourth-order valence-electron chi connectivity index (χ4n) is 1.23. The van der Waals surface area contributed by atoms with Crippen molar-refractivity contribution in [3.8, 4) is 0 Å². The Kier molecular flexibility index (Phi) is 4.12. The minimum Gasteiger partial charge on any atom is -0.347 e. The minimum absolute atomic E-state index is 0.920. The third kappa shape index (κ3) is 2.05. The van der Waals surface area contributed by atoms with Gasteiger partial charge in [-0.3, -0.25) is 0 Å². The maximum absolute atomic E-state index is 3.56. The minimum atomic E-state index is 0.920. The van der Waals surface area contributed by atoms with Gasteiger partial charge >= 0.3 is 0 Å². The van der Waals surface area contributed by atoms with Crippen LogP contribution in [0.3, 0.4) is 0 Å². The molecule has 15 heavy (non-hydrogen) atoms. The van der Waals surface area contributed by atoms with Gasteiger partial charge in [0, 0.05) is 18.8 Å². The van der Waals surface area contributed by atoms with Gasteiger partial charge in [0.1, 0.15) is 0 Å². The second-order valence-corrected chi connectivity index (χ2v) is 7.52. The van der Waals surface area contributed by atoms with Gasteiger partial charge in [0.25, 0.3) is 0 Å². The third-order valence-electron chi connectivity index (χ3n) is 1.91. The Morgan fingerprint density at radius 2 is 1.13 bits per heavy atom. The Labute approximate surface area is 137 Å². The van der Waals surface area contributed by atoms with Crippen LogP contribution in [0.4, 0.5) is 0 Å². The summed E-state index contributed by atoms with van der Waals surface area (Å²) >= 11 is 21.1. The van der Waals surface area contributed by atoms with Gasteiger partial charge in [0.2, 0.25) is 0 Å². The number of hydrogen-bond acceptors (Lipinski definition) is 0. The van der Waals surface area contributed by atoms with Crippen molar-refractivity contribution in [2.24, 2.45) is 0 Å². The molecule has 1 heterocycles. The number of fused-ring (bicyclic) bond motifs is 1. The Hall–Kier alpha value is 1.64. The molecule has 2 aromatic rings. The highest BCUT2D eigenvalue weighted by molar-refractivity contribution is 9.15. The molecule has 1 aromatic carbocycles. The third-order valence-corrected chi connectivity index (χ3v) is 8.60. The van der Waals surface area contributed by atoms with E-state index in [9.17, 15) is 0 Å². The number of halogens is 6. The lowest BCUT2D eigenvalue weighted by Crippen LogP contribution is -1.80. The van der Waals surface area contributed by atoms with Gasteiger partial charge < -0.3 is 4.98 Å². The number of nitrogens with one attached hydrogen (secondary N) is 1. The van der Waals surface area contributed by atoms with Gasteiger partial charge in [0.05, 0.1) is 19.1 Å². The van der Waals surface area contributed by atoms with Crippen LogP contribution in [0.15, 0.2) is 27.0 Å². The van der Waals surface area contributed by atoms with Crippen molar-refractivity contribution < 1.29 is 0 Å². The highest BCUT2D eigenvalue weighted by Crippen LogP contribution is 2.47. The average molecular weight is 591 g/mol.